The van der Waals surface area contributed by atoms with Gasteiger partial charge in [-0.1, -0.05) is 6.07 Å². The van der Waals surface area contributed by atoms with Crippen LogP contribution in [0.2, 0.25) is 0 Å². The molecule has 1 N–H and O–H groups in total. The number of hydrogen-bond donors (Lipinski definition) is 1. The van der Waals surface area contributed by atoms with Gasteiger partial charge in [0.05, 0.1) is 6.54 Å². The number of benzene rings is 1. The predicted octanol–water partition coefficient (Wildman–Crippen LogP) is 1.98. The molecule has 0 bridgehead atoms. The van der Waals surface area contributed by atoms with Gasteiger partial charge in [0, 0.05) is 18.2 Å². The summed E-state index contributed by atoms with van der Waals surface area (Å²) in [7, 11) is 0. The number of aldehydes is 1. The molecule has 1 aliphatic rings. The van der Waals surface area contributed by atoms with Crippen molar-refractivity contribution in [3.8, 4) is 0 Å². The zero-order valence-electron chi connectivity index (χ0n) is 11.6. The van der Waals surface area contributed by atoms with Gasteiger partial charge in [-0.05, 0) is 44.0 Å². The first kappa shape index (κ1) is 14.7. The normalized spacial score (nSPS) is 19.6. The fourth-order valence-corrected chi connectivity index (χ4v) is 2.47. The number of likely N-dealkylation sites (tertiary alicyclic amines) is 1. The monoisotopic (exact) mass is 278 g/mol. The first-order valence-corrected chi connectivity index (χ1v) is 6.82. The summed E-state index contributed by atoms with van der Waals surface area (Å²) in [6, 6.07) is 4.32. The van der Waals surface area contributed by atoms with Gasteiger partial charge in [-0.2, -0.15) is 0 Å². The minimum Gasteiger partial charge on any atom is -0.325 e. The second-order valence-electron chi connectivity index (χ2n) is 5.28. The second-order valence-corrected chi connectivity index (χ2v) is 5.28. The summed E-state index contributed by atoms with van der Waals surface area (Å²) in [5.74, 6) is -0.525. The summed E-state index contributed by atoms with van der Waals surface area (Å²) < 4.78 is 13.2. The Labute approximate surface area is 118 Å². The molecule has 1 unspecified atom stereocenters. The highest BCUT2D eigenvalue weighted by atomic mass is 19.1. The number of nitrogens with zero attached hydrogens (tertiary/aromatic N) is 1. The second kappa shape index (κ2) is 6.61. The maximum Gasteiger partial charge on any atom is 0.238 e. The summed E-state index contributed by atoms with van der Waals surface area (Å²) >= 11 is 0. The highest BCUT2D eigenvalue weighted by Crippen LogP contribution is 2.17. The van der Waals surface area contributed by atoms with E-state index in [9.17, 15) is 14.0 Å². The van der Waals surface area contributed by atoms with Gasteiger partial charge in [0.15, 0.2) is 0 Å². The number of halogens is 1. The molecule has 1 amide bonds. The van der Waals surface area contributed by atoms with E-state index in [4.69, 9.17) is 0 Å². The molecule has 0 saturated carbocycles. The zero-order chi connectivity index (χ0) is 14.5. The van der Waals surface area contributed by atoms with Gasteiger partial charge < -0.3 is 10.1 Å². The number of nitrogens with one attached hydrogen (secondary N) is 1. The molecule has 1 fully saturated rings. The topological polar surface area (TPSA) is 49.4 Å². The summed E-state index contributed by atoms with van der Waals surface area (Å²) in [5.41, 5.74) is 1.32. The van der Waals surface area contributed by atoms with Gasteiger partial charge >= 0.3 is 0 Å². The van der Waals surface area contributed by atoms with E-state index in [1.807, 2.05) is 11.8 Å². The molecular weight excluding hydrogens is 259 g/mol. The largest absolute Gasteiger partial charge is 0.325 e. The lowest BCUT2D eigenvalue weighted by molar-refractivity contribution is -0.119. The maximum atomic E-state index is 13.2. The minimum atomic E-state index is -0.370. The third kappa shape index (κ3) is 3.87. The van der Waals surface area contributed by atoms with Gasteiger partial charge in [-0.25, -0.2) is 4.39 Å². The van der Waals surface area contributed by atoms with Crippen LogP contribution < -0.4 is 5.32 Å². The Hall–Kier alpha value is -1.75. The van der Waals surface area contributed by atoms with E-state index in [2.05, 4.69) is 5.32 Å². The molecule has 108 valence electrons. The van der Waals surface area contributed by atoms with Crippen LogP contribution in [0.15, 0.2) is 18.2 Å². The van der Waals surface area contributed by atoms with Crippen molar-refractivity contribution in [1.82, 2.24) is 4.90 Å². The minimum absolute atomic E-state index is 0.0208. The van der Waals surface area contributed by atoms with E-state index in [0.29, 0.717) is 12.2 Å². The van der Waals surface area contributed by atoms with Crippen molar-refractivity contribution in [1.29, 1.82) is 0 Å². The Bertz CT molecular complexity index is 505. The lowest BCUT2D eigenvalue weighted by Gasteiger charge is -2.29. The Morgan fingerprint density at radius 2 is 2.35 bits per heavy atom. The Morgan fingerprint density at radius 1 is 1.55 bits per heavy atom. The van der Waals surface area contributed by atoms with Crippen molar-refractivity contribution in [2.24, 2.45) is 5.92 Å². The molecule has 0 aliphatic carbocycles. The predicted molar refractivity (Wildman–Crippen MR) is 75.0 cm³/mol. The number of anilines is 1. The van der Waals surface area contributed by atoms with E-state index in [0.717, 1.165) is 31.2 Å². The molecule has 1 atom stereocenters. The third-order valence-electron chi connectivity index (χ3n) is 3.58. The van der Waals surface area contributed by atoms with Gasteiger partial charge in [0.1, 0.15) is 12.1 Å². The number of piperidine rings is 1. The van der Waals surface area contributed by atoms with Crippen LogP contribution in [-0.2, 0) is 9.59 Å². The van der Waals surface area contributed by atoms with Crippen LogP contribution in [0.1, 0.15) is 18.4 Å². The van der Waals surface area contributed by atoms with Crippen LogP contribution in [0.25, 0.3) is 0 Å². The number of hydrogen-bond acceptors (Lipinski definition) is 3. The van der Waals surface area contributed by atoms with Gasteiger partial charge in [0.25, 0.3) is 0 Å². The molecule has 1 aromatic carbocycles. The van der Waals surface area contributed by atoms with Crippen molar-refractivity contribution >= 4 is 17.9 Å². The summed E-state index contributed by atoms with van der Waals surface area (Å²) in [6.07, 6.45) is 2.78. The standard InChI is InChI=1S/C15H19FN2O2/c1-11-4-5-13(16)7-14(11)17-15(20)9-18-6-2-3-12(8-18)10-19/h4-5,7,10,12H,2-3,6,8-9H2,1H3,(H,17,20). The smallest absolute Gasteiger partial charge is 0.238 e. The molecule has 1 aromatic rings. The van der Waals surface area contributed by atoms with Crippen molar-refractivity contribution < 1.29 is 14.0 Å². The van der Waals surface area contributed by atoms with E-state index < -0.39 is 0 Å². The van der Waals surface area contributed by atoms with Crippen molar-refractivity contribution in [3.05, 3.63) is 29.6 Å². The van der Waals surface area contributed by atoms with E-state index >= 15 is 0 Å². The molecule has 1 saturated heterocycles. The molecule has 0 radical (unpaired) electrons. The number of carbonyl (C=O) groups excluding carboxylic acids is 2. The summed E-state index contributed by atoms with van der Waals surface area (Å²) in [5, 5.41) is 2.72. The Morgan fingerprint density at radius 3 is 3.10 bits per heavy atom. The van der Waals surface area contributed by atoms with Crippen LogP contribution in [0.3, 0.4) is 0 Å². The summed E-state index contributed by atoms with van der Waals surface area (Å²) in [4.78, 5) is 24.7. The molecule has 20 heavy (non-hydrogen) atoms. The van der Waals surface area contributed by atoms with Gasteiger partial charge in [0.2, 0.25) is 5.91 Å². The number of rotatable bonds is 4. The third-order valence-corrected chi connectivity index (χ3v) is 3.58. The lowest BCUT2D eigenvalue weighted by atomic mass is 10.00. The van der Waals surface area contributed by atoms with Crippen molar-refractivity contribution in [2.45, 2.75) is 19.8 Å². The summed E-state index contributed by atoms with van der Waals surface area (Å²) in [6.45, 7) is 3.50. The van der Waals surface area contributed by atoms with Crippen LogP contribution in [0.4, 0.5) is 10.1 Å². The van der Waals surface area contributed by atoms with Crippen LogP contribution in [0.5, 0.6) is 0 Å². The zero-order valence-corrected chi connectivity index (χ0v) is 11.6. The SMILES string of the molecule is Cc1ccc(F)cc1NC(=O)CN1CCCC(C=O)C1. The van der Waals surface area contributed by atoms with Crippen molar-refractivity contribution in [3.63, 3.8) is 0 Å². The number of carbonyl (C=O) groups is 2. The molecule has 0 spiro atoms. The molecule has 1 heterocycles. The Kier molecular flexibility index (Phi) is 4.84. The fourth-order valence-electron chi connectivity index (χ4n) is 2.47. The number of aryl methyl sites for hydroxylation is 1. The van der Waals surface area contributed by atoms with Crippen LogP contribution in [-0.4, -0.2) is 36.7 Å². The maximum absolute atomic E-state index is 13.2. The average Bonchev–Trinajstić information content (AvgIpc) is 2.43. The Balaban J connectivity index is 1.92. The van der Waals surface area contributed by atoms with Crippen LogP contribution >= 0.6 is 0 Å². The van der Waals surface area contributed by atoms with Gasteiger partial charge in [-0.3, -0.25) is 9.69 Å². The number of amides is 1. The molecular formula is C15H19FN2O2. The molecule has 2 rings (SSSR count). The van der Waals surface area contributed by atoms with E-state index in [1.54, 1.807) is 6.07 Å². The van der Waals surface area contributed by atoms with Crippen LogP contribution in [0, 0.1) is 18.7 Å². The van der Waals surface area contributed by atoms with Crippen molar-refractivity contribution in [2.75, 3.05) is 25.0 Å². The molecule has 1 aliphatic heterocycles. The van der Waals surface area contributed by atoms with E-state index in [1.165, 1.54) is 12.1 Å². The quantitative estimate of drug-likeness (QED) is 0.857. The lowest BCUT2D eigenvalue weighted by Crippen LogP contribution is -2.40. The van der Waals surface area contributed by atoms with Gasteiger partial charge in [-0.15, -0.1) is 0 Å². The molecule has 4 nitrogen and oxygen atoms in total. The van der Waals surface area contributed by atoms with E-state index in [-0.39, 0.29) is 24.2 Å². The molecule has 5 heteroatoms. The molecule has 0 aromatic heterocycles. The average molecular weight is 278 g/mol. The fraction of sp³-hybridized carbons (Fsp3) is 0.467. The highest BCUT2D eigenvalue weighted by molar-refractivity contribution is 5.93. The highest BCUT2D eigenvalue weighted by Gasteiger charge is 2.21. The first-order chi connectivity index (χ1) is 9.58. The first-order valence-electron chi connectivity index (χ1n) is 6.82.